The molecule has 2 unspecified atom stereocenters. The molecule has 2 amide bonds. The fraction of sp³-hybridized carbons (Fsp3) is 0.556. The first-order chi connectivity index (χ1) is 11.9. The lowest BCUT2D eigenvalue weighted by atomic mass is 10.0. The van der Waals surface area contributed by atoms with E-state index < -0.39 is 0 Å². The molecule has 2 N–H and O–H groups in total. The van der Waals surface area contributed by atoms with Crippen molar-refractivity contribution < 1.29 is 14.3 Å². The molecule has 1 heterocycles. The van der Waals surface area contributed by atoms with Crippen molar-refractivity contribution in [3.8, 4) is 0 Å². The Balaban J connectivity index is 1.89. The van der Waals surface area contributed by atoms with E-state index in [0.717, 1.165) is 38.4 Å². The van der Waals surface area contributed by atoms with Crippen LogP contribution in [0.15, 0.2) is 24.3 Å². The lowest BCUT2D eigenvalue weighted by molar-refractivity contribution is -0.123. The summed E-state index contributed by atoms with van der Waals surface area (Å²) in [7, 11) is 0. The molecule has 0 saturated carbocycles. The van der Waals surface area contributed by atoms with Gasteiger partial charge in [-0.2, -0.15) is 0 Å². The number of morpholine rings is 1. The van der Waals surface area contributed by atoms with Crippen molar-refractivity contribution in [2.24, 2.45) is 0 Å². The Labute approximate surface area is 153 Å². The molecule has 0 aliphatic carbocycles. The molecule has 2 atom stereocenters. The second kappa shape index (κ2) is 9.75. The van der Waals surface area contributed by atoms with Crippen LogP contribution in [0.5, 0.6) is 0 Å². The Bertz CT molecular complexity index is 573. The minimum Gasteiger partial charge on any atom is -0.379 e. The average Bonchev–Trinajstić information content (AvgIpc) is 2.55. The molecule has 2 rings (SSSR count). The summed E-state index contributed by atoms with van der Waals surface area (Å²) in [5.41, 5.74) is 0.857. The number of benzene rings is 1. The highest BCUT2D eigenvalue weighted by Crippen LogP contribution is 2.19. The van der Waals surface area contributed by atoms with Crippen molar-refractivity contribution in [3.63, 3.8) is 0 Å². The number of halogens is 1. The van der Waals surface area contributed by atoms with Crippen LogP contribution in [0, 0.1) is 0 Å². The van der Waals surface area contributed by atoms with Crippen LogP contribution in [-0.4, -0.2) is 55.6 Å². The fourth-order valence-corrected chi connectivity index (χ4v) is 3.05. The third-order valence-corrected chi connectivity index (χ3v) is 4.33. The molecule has 1 aromatic rings. The Kier molecular flexibility index (Phi) is 7.68. The van der Waals surface area contributed by atoms with Gasteiger partial charge >= 0.3 is 0 Å². The van der Waals surface area contributed by atoms with Crippen molar-refractivity contribution in [1.82, 2.24) is 15.5 Å². The second-order valence-electron chi connectivity index (χ2n) is 6.39. The van der Waals surface area contributed by atoms with Gasteiger partial charge < -0.3 is 15.4 Å². The van der Waals surface area contributed by atoms with Gasteiger partial charge in [-0.1, -0.05) is 23.7 Å². The Morgan fingerprint density at radius 3 is 2.44 bits per heavy atom. The smallest absolute Gasteiger partial charge is 0.222 e. The zero-order valence-electron chi connectivity index (χ0n) is 14.8. The van der Waals surface area contributed by atoms with Crippen LogP contribution in [-0.2, 0) is 14.3 Å². The summed E-state index contributed by atoms with van der Waals surface area (Å²) < 4.78 is 5.33. The van der Waals surface area contributed by atoms with Crippen molar-refractivity contribution in [2.45, 2.75) is 32.4 Å². The van der Waals surface area contributed by atoms with Crippen LogP contribution < -0.4 is 10.6 Å². The first-order valence-corrected chi connectivity index (χ1v) is 8.94. The summed E-state index contributed by atoms with van der Waals surface area (Å²) in [5.74, 6) is -0.261. The van der Waals surface area contributed by atoms with Crippen LogP contribution in [0.2, 0.25) is 5.02 Å². The van der Waals surface area contributed by atoms with Crippen molar-refractivity contribution >= 4 is 23.4 Å². The number of hydrogen-bond donors (Lipinski definition) is 2. The maximum Gasteiger partial charge on any atom is 0.222 e. The maximum atomic E-state index is 12.4. The van der Waals surface area contributed by atoms with Gasteiger partial charge in [0.2, 0.25) is 11.8 Å². The van der Waals surface area contributed by atoms with Crippen molar-refractivity contribution in [1.29, 1.82) is 0 Å². The average molecular weight is 368 g/mol. The number of amides is 2. The number of carbonyl (C=O) groups is 2. The van der Waals surface area contributed by atoms with Gasteiger partial charge in [-0.25, -0.2) is 0 Å². The molecule has 25 heavy (non-hydrogen) atoms. The van der Waals surface area contributed by atoms with Gasteiger partial charge in [-0.15, -0.1) is 0 Å². The molecule has 1 aliphatic rings. The summed E-state index contributed by atoms with van der Waals surface area (Å²) in [5, 5.41) is 6.46. The summed E-state index contributed by atoms with van der Waals surface area (Å²) in [6.45, 7) is 7.48. The molecule has 1 fully saturated rings. The highest BCUT2D eigenvalue weighted by molar-refractivity contribution is 6.30. The molecular formula is C18H26ClN3O3. The first kappa shape index (κ1) is 19.7. The molecule has 6 nitrogen and oxygen atoms in total. The second-order valence-corrected chi connectivity index (χ2v) is 6.83. The van der Waals surface area contributed by atoms with E-state index in [-0.39, 0.29) is 30.3 Å². The molecule has 0 bridgehead atoms. The normalized spacial score (nSPS) is 17.6. The number of ether oxygens (including phenoxy) is 1. The highest BCUT2D eigenvalue weighted by atomic mass is 35.5. The zero-order chi connectivity index (χ0) is 18.2. The summed E-state index contributed by atoms with van der Waals surface area (Å²) in [6, 6.07) is 6.83. The lowest BCUT2D eigenvalue weighted by Crippen LogP contribution is -2.46. The standard InChI is InChI=1S/C18H26ClN3O3/c1-13(12-22-7-9-25-10-8-22)20-18(24)11-17(21-14(2)23)15-3-5-16(19)6-4-15/h3-6,13,17H,7-12H2,1-2H3,(H,20,24)(H,21,23). The van der Waals surface area contributed by atoms with Gasteiger partial charge in [0.25, 0.3) is 0 Å². The van der Waals surface area contributed by atoms with E-state index >= 15 is 0 Å². The fourth-order valence-electron chi connectivity index (χ4n) is 2.93. The summed E-state index contributed by atoms with van der Waals surface area (Å²) in [4.78, 5) is 26.1. The minimum absolute atomic E-state index is 0.0359. The van der Waals surface area contributed by atoms with E-state index in [1.54, 1.807) is 12.1 Å². The molecule has 7 heteroatoms. The molecule has 0 radical (unpaired) electrons. The van der Waals surface area contributed by atoms with Crippen LogP contribution in [0.4, 0.5) is 0 Å². The van der Waals surface area contributed by atoms with Gasteiger partial charge in [0.1, 0.15) is 0 Å². The van der Waals surface area contributed by atoms with Gasteiger partial charge in [0.15, 0.2) is 0 Å². The third kappa shape index (κ3) is 7.02. The summed E-state index contributed by atoms with van der Waals surface area (Å²) >= 11 is 5.91. The molecule has 1 aromatic carbocycles. The van der Waals surface area contributed by atoms with Crippen molar-refractivity contribution in [2.75, 3.05) is 32.8 Å². The Morgan fingerprint density at radius 2 is 1.84 bits per heavy atom. The Morgan fingerprint density at radius 1 is 1.20 bits per heavy atom. The predicted octanol–water partition coefficient (Wildman–Crippen LogP) is 1.74. The van der Waals surface area contributed by atoms with E-state index in [9.17, 15) is 9.59 Å². The molecule has 0 spiro atoms. The summed E-state index contributed by atoms with van der Waals surface area (Å²) in [6.07, 6.45) is 0.189. The van der Waals surface area contributed by atoms with E-state index in [0.29, 0.717) is 5.02 Å². The van der Waals surface area contributed by atoms with Crippen LogP contribution in [0.1, 0.15) is 31.9 Å². The number of nitrogens with one attached hydrogen (secondary N) is 2. The third-order valence-electron chi connectivity index (χ3n) is 4.08. The predicted molar refractivity (Wildman–Crippen MR) is 97.5 cm³/mol. The molecule has 0 aromatic heterocycles. The van der Waals surface area contributed by atoms with E-state index in [1.807, 2.05) is 19.1 Å². The first-order valence-electron chi connectivity index (χ1n) is 8.56. The van der Waals surface area contributed by atoms with Crippen LogP contribution in [0.25, 0.3) is 0 Å². The number of rotatable bonds is 7. The number of hydrogen-bond acceptors (Lipinski definition) is 4. The van der Waals surface area contributed by atoms with Gasteiger partial charge in [0.05, 0.1) is 25.7 Å². The number of nitrogens with zero attached hydrogens (tertiary/aromatic N) is 1. The SMILES string of the molecule is CC(=O)NC(CC(=O)NC(C)CN1CCOCC1)c1ccc(Cl)cc1. The highest BCUT2D eigenvalue weighted by Gasteiger charge is 2.20. The zero-order valence-corrected chi connectivity index (χ0v) is 15.5. The molecular weight excluding hydrogens is 342 g/mol. The van der Waals surface area contributed by atoms with Crippen LogP contribution in [0.3, 0.4) is 0 Å². The lowest BCUT2D eigenvalue weighted by Gasteiger charge is -2.29. The van der Waals surface area contributed by atoms with Crippen molar-refractivity contribution in [3.05, 3.63) is 34.9 Å². The van der Waals surface area contributed by atoms with Gasteiger partial charge in [0, 0.05) is 37.6 Å². The minimum atomic E-state index is -0.370. The number of carbonyl (C=O) groups excluding carboxylic acids is 2. The van der Waals surface area contributed by atoms with Crippen LogP contribution >= 0.6 is 11.6 Å². The molecule has 1 saturated heterocycles. The van der Waals surface area contributed by atoms with Gasteiger partial charge in [-0.05, 0) is 24.6 Å². The van der Waals surface area contributed by atoms with E-state index in [4.69, 9.17) is 16.3 Å². The van der Waals surface area contributed by atoms with E-state index in [2.05, 4.69) is 15.5 Å². The topological polar surface area (TPSA) is 70.7 Å². The van der Waals surface area contributed by atoms with E-state index in [1.165, 1.54) is 6.92 Å². The quantitative estimate of drug-likeness (QED) is 0.770. The Hall–Kier alpha value is -1.63. The molecule has 138 valence electrons. The molecule has 1 aliphatic heterocycles. The maximum absolute atomic E-state index is 12.4. The monoisotopic (exact) mass is 367 g/mol. The van der Waals surface area contributed by atoms with Gasteiger partial charge in [-0.3, -0.25) is 14.5 Å². The largest absolute Gasteiger partial charge is 0.379 e.